The van der Waals surface area contributed by atoms with Crippen molar-refractivity contribution < 1.29 is 4.74 Å². The first-order chi connectivity index (χ1) is 8.33. The van der Waals surface area contributed by atoms with Gasteiger partial charge in [0, 0.05) is 18.9 Å². The number of aryl methyl sites for hydroxylation is 1. The van der Waals surface area contributed by atoms with Crippen molar-refractivity contribution in [2.75, 3.05) is 13.1 Å². The van der Waals surface area contributed by atoms with Crippen molar-refractivity contribution in [2.45, 2.75) is 25.9 Å². The van der Waals surface area contributed by atoms with E-state index in [2.05, 4.69) is 15.4 Å². The summed E-state index contributed by atoms with van der Waals surface area (Å²) >= 11 is 0. The average molecular weight is 232 g/mol. The fourth-order valence-electron chi connectivity index (χ4n) is 2.19. The zero-order chi connectivity index (χ0) is 11.7. The summed E-state index contributed by atoms with van der Waals surface area (Å²) in [7, 11) is 0. The number of nitrogens with one attached hydrogen (secondary N) is 1. The number of hydrogen-bond donors (Lipinski definition) is 1. The molecule has 1 fully saturated rings. The summed E-state index contributed by atoms with van der Waals surface area (Å²) in [5, 5.41) is 7.68. The zero-order valence-corrected chi connectivity index (χ0v) is 9.89. The number of fused-ring (bicyclic) bond motifs is 1. The molecule has 2 aromatic heterocycles. The molecular formula is C12H16N4O. The number of ether oxygens (including phenoxy) is 1. The Bertz CT molecular complexity index is 516. The number of rotatable bonds is 2. The molecule has 0 aromatic carbocycles. The Kier molecular flexibility index (Phi) is 2.68. The van der Waals surface area contributed by atoms with Gasteiger partial charge in [0.25, 0.3) is 0 Å². The molecule has 1 N–H and O–H groups in total. The molecule has 0 radical (unpaired) electrons. The molecule has 3 rings (SSSR count). The van der Waals surface area contributed by atoms with Gasteiger partial charge in [-0.2, -0.15) is 5.10 Å². The van der Waals surface area contributed by atoms with E-state index in [0.29, 0.717) is 5.88 Å². The third-order valence-electron chi connectivity index (χ3n) is 3.01. The minimum absolute atomic E-state index is 0.220. The second-order valence-corrected chi connectivity index (χ2v) is 4.43. The Balaban J connectivity index is 1.88. The Morgan fingerprint density at radius 3 is 3.29 bits per heavy atom. The lowest BCUT2D eigenvalue weighted by Crippen LogP contribution is -2.37. The summed E-state index contributed by atoms with van der Waals surface area (Å²) < 4.78 is 7.76. The van der Waals surface area contributed by atoms with E-state index in [4.69, 9.17) is 4.74 Å². The van der Waals surface area contributed by atoms with E-state index < -0.39 is 0 Å². The Hall–Kier alpha value is -1.62. The van der Waals surface area contributed by atoms with Gasteiger partial charge in [0.05, 0.1) is 5.69 Å². The van der Waals surface area contributed by atoms with Gasteiger partial charge in [-0.1, -0.05) is 0 Å². The Morgan fingerprint density at radius 1 is 1.53 bits per heavy atom. The maximum Gasteiger partial charge on any atom is 0.240 e. The van der Waals surface area contributed by atoms with Gasteiger partial charge < -0.3 is 10.1 Å². The molecule has 0 amide bonds. The first-order valence-electron chi connectivity index (χ1n) is 6.01. The summed E-state index contributed by atoms with van der Waals surface area (Å²) in [4.78, 5) is 4.30. The molecule has 0 saturated carbocycles. The van der Waals surface area contributed by atoms with Crippen LogP contribution in [0.3, 0.4) is 0 Å². The molecule has 5 heteroatoms. The quantitative estimate of drug-likeness (QED) is 0.844. The maximum absolute atomic E-state index is 5.95. The molecule has 1 unspecified atom stereocenters. The fourth-order valence-corrected chi connectivity index (χ4v) is 2.19. The molecule has 17 heavy (non-hydrogen) atoms. The molecule has 0 aliphatic carbocycles. The van der Waals surface area contributed by atoms with Crippen LogP contribution in [0.1, 0.15) is 18.5 Å². The molecule has 90 valence electrons. The lowest BCUT2D eigenvalue weighted by molar-refractivity contribution is 0.162. The number of aromatic nitrogens is 3. The third-order valence-corrected chi connectivity index (χ3v) is 3.01. The molecular weight excluding hydrogens is 216 g/mol. The van der Waals surface area contributed by atoms with E-state index in [1.54, 1.807) is 6.20 Å². The van der Waals surface area contributed by atoms with Gasteiger partial charge in [-0.25, -0.2) is 9.50 Å². The van der Waals surface area contributed by atoms with Crippen molar-refractivity contribution in [3.05, 3.63) is 24.2 Å². The molecule has 3 heterocycles. The van der Waals surface area contributed by atoms with Crippen molar-refractivity contribution in [2.24, 2.45) is 0 Å². The molecule has 0 bridgehead atoms. The number of hydrogen-bond acceptors (Lipinski definition) is 4. The summed E-state index contributed by atoms with van der Waals surface area (Å²) in [5.41, 5.74) is 1.92. The van der Waals surface area contributed by atoms with E-state index in [1.165, 1.54) is 0 Å². The van der Waals surface area contributed by atoms with Gasteiger partial charge in [0.1, 0.15) is 11.6 Å². The number of nitrogens with zero attached hydrogens (tertiary/aromatic N) is 3. The predicted molar refractivity (Wildman–Crippen MR) is 64.2 cm³/mol. The summed E-state index contributed by atoms with van der Waals surface area (Å²) in [5.74, 6) is 0.682. The van der Waals surface area contributed by atoms with Crippen LogP contribution in [0.25, 0.3) is 5.52 Å². The Labute approximate surface area is 99.8 Å². The van der Waals surface area contributed by atoms with Gasteiger partial charge >= 0.3 is 0 Å². The molecule has 1 saturated heterocycles. The highest BCUT2D eigenvalue weighted by molar-refractivity contribution is 5.56. The minimum Gasteiger partial charge on any atom is -0.471 e. The smallest absolute Gasteiger partial charge is 0.240 e. The van der Waals surface area contributed by atoms with Gasteiger partial charge in [-0.05, 0) is 32.4 Å². The SMILES string of the molecule is Cc1cc2c(OC3CCCNC3)nccn2n1. The van der Waals surface area contributed by atoms with E-state index in [9.17, 15) is 0 Å². The van der Waals surface area contributed by atoms with E-state index in [1.807, 2.05) is 23.7 Å². The van der Waals surface area contributed by atoms with Crippen LogP contribution in [-0.4, -0.2) is 33.8 Å². The van der Waals surface area contributed by atoms with Crippen LogP contribution in [-0.2, 0) is 0 Å². The van der Waals surface area contributed by atoms with Crippen molar-refractivity contribution >= 4 is 5.52 Å². The monoisotopic (exact) mass is 232 g/mol. The number of piperidine rings is 1. The van der Waals surface area contributed by atoms with Crippen LogP contribution >= 0.6 is 0 Å². The topological polar surface area (TPSA) is 51.5 Å². The van der Waals surface area contributed by atoms with Crippen molar-refractivity contribution in [3.63, 3.8) is 0 Å². The van der Waals surface area contributed by atoms with Gasteiger partial charge in [0.15, 0.2) is 0 Å². The highest BCUT2D eigenvalue weighted by Crippen LogP contribution is 2.20. The van der Waals surface area contributed by atoms with E-state index in [-0.39, 0.29) is 6.10 Å². The van der Waals surface area contributed by atoms with Crippen molar-refractivity contribution in [3.8, 4) is 5.88 Å². The van der Waals surface area contributed by atoms with Crippen molar-refractivity contribution in [1.82, 2.24) is 19.9 Å². The third kappa shape index (κ3) is 2.10. The Morgan fingerprint density at radius 2 is 2.47 bits per heavy atom. The molecule has 1 atom stereocenters. The second-order valence-electron chi connectivity index (χ2n) is 4.43. The van der Waals surface area contributed by atoms with E-state index >= 15 is 0 Å². The van der Waals surface area contributed by atoms with Crippen LogP contribution in [0.5, 0.6) is 5.88 Å². The normalized spacial score (nSPS) is 20.6. The van der Waals surface area contributed by atoms with Crippen molar-refractivity contribution in [1.29, 1.82) is 0 Å². The molecule has 0 spiro atoms. The second kappa shape index (κ2) is 4.33. The van der Waals surface area contributed by atoms with Crippen LogP contribution in [0.4, 0.5) is 0 Å². The maximum atomic E-state index is 5.95. The van der Waals surface area contributed by atoms with Crippen LogP contribution in [0, 0.1) is 6.92 Å². The zero-order valence-electron chi connectivity index (χ0n) is 9.89. The molecule has 2 aromatic rings. The van der Waals surface area contributed by atoms with Crippen LogP contribution in [0.15, 0.2) is 18.5 Å². The average Bonchev–Trinajstić information content (AvgIpc) is 2.72. The largest absolute Gasteiger partial charge is 0.471 e. The van der Waals surface area contributed by atoms with Gasteiger partial charge in [-0.15, -0.1) is 0 Å². The summed E-state index contributed by atoms with van der Waals surface area (Å²) in [6.07, 6.45) is 6.03. The summed E-state index contributed by atoms with van der Waals surface area (Å²) in [6, 6.07) is 2.00. The van der Waals surface area contributed by atoms with E-state index in [0.717, 1.165) is 37.1 Å². The highest BCUT2D eigenvalue weighted by Gasteiger charge is 2.16. The fraction of sp³-hybridized carbons (Fsp3) is 0.500. The summed E-state index contributed by atoms with van der Waals surface area (Å²) in [6.45, 7) is 3.96. The highest BCUT2D eigenvalue weighted by atomic mass is 16.5. The van der Waals surface area contributed by atoms with Gasteiger partial charge in [0.2, 0.25) is 5.88 Å². The minimum atomic E-state index is 0.220. The first-order valence-corrected chi connectivity index (χ1v) is 6.01. The lowest BCUT2D eigenvalue weighted by atomic mass is 10.1. The predicted octanol–water partition coefficient (Wildman–Crippen LogP) is 1.17. The first kappa shape index (κ1) is 10.5. The lowest BCUT2D eigenvalue weighted by Gasteiger charge is -2.23. The standard InChI is InChI=1S/C12H16N4O/c1-9-7-11-12(14-5-6-16(11)15-9)17-10-3-2-4-13-8-10/h5-7,10,13H,2-4,8H2,1H3. The van der Waals surface area contributed by atoms with Gasteiger partial charge in [-0.3, -0.25) is 0 Å². The van der Waals surface area contributed by atoms with Crippen LogP contribution in [0.2, 0.25) is 0 Å². The molecule has 1 aliphatic rings. The van der Waals surface area contributed by atoms with Crippen LogP contribution < -0.4 is 10.1 Å². The molecule has 1 aliphatic heterocycles. The molecule has 5 nitrogen and oxygen atoms in total.